The Labute approximate surface area is 73.6 Å². The summed E-state index contributed by atoms with van der Waals surface area (Å²) in [4.78, 5) is 4.00. The van der Waals surface area contributed by atoms with Gasteiger partial charge in [0.1, 0.15) is 0 Å². The third kappa shape index (κ3) is 1.09. The molecule has 0 saturated carbocycles. The van der Waals surface area contributed by atoms with Gasteiger partial charge in [0.15, 0.2) is 5.67 Å². The topological polar surface area (TPSA) is 34.1 Å². The van der Waals surface area contributed by atoms with Crippen LogP contribution in [-0.4, -0.2) is 25.2 Å². The lowest BCUT2D eigenvalue weighted by atomic mass is 9.96. The summed E-state index contributed by atoms with van der Waals surface area (Å²) >= 11 is 1.32. The van der Waals surface area contributed by atoms with Crippen LogP contribution in [0.3, 0.4) is 0 Å². The lowest BCUT2D eigenvalue weighted by molar-refractivity contribution is 0.0843. The number of ether oxygens (including phenoxy) is 1. The molecule has 1 aliphatic heterocycles. The minimum absolute atomic E-state index is 0.361. The van der Waals surface area contributed by atoms with Crippen LogP contribution in [0.2, 0.25) is 0 Å². The second-order valence-electron chi connectivity index (χ2n) is 2.77. The Bertz CT molecular complexity index is 285. The van der Waals surface area contributed by atoms with Crippen molar-refractivity contribution in [3.8, 4) is 5.19 Å². The number of alkyl halides is 1. The lowest BCUT2D eigenvalue weighted by Gasteiger charge is -2.33. The average Bonchev–Trinajstić information content (AvgIpc) is 2.48. The van der Waals surface area contributed by atoms with Gasteiger partial charge in [0, 0.05) is 18.5 Å². The maximum Gasteiger partial charge on any atom is 0.273 e. The number of methoxy groups -OCH3 is 1. The molecular weight excluding hydrogens is 179 g/mol. The van der Waals surface area contributed by atoms with E-state index in [1.807, 2.05) is 0 Å². The second-order valence-corrected chi connectivity index (χ2v) is 3.59. The maximum atomic E-state index is 13.6. The zero-order valence-electron chi connectivity index (χ0n) is 6.63. The van der Waals surface area contributed by atoms with E-state index in [1.54, 1.807) is 5.38 Å². The Morgan fingerprint density at radius 1 is 1.75 bits per heavy atom. The summed E-state index contributed by atoms with van der Waals surface area (Å²) in [5.41, 5.74) is -0.768. The molecule has 2 heterocycles. The normalized spacial score (nSPS) is 20.2. The molecule has 0 aromatic carbocycles. The molecule has 0 radical (unpaired) electrons. The van der Waals surface area contributed by atoms with Gasteiger partial charge in [0.2, 0.25) is 0 Å². The van der Waals surface area contributed by atoms with Gasteiger partial charge in [0.25, 0.3) is 5.19 Å². The average molecular weight is 188 g/mol. The number of hydrogen-bond acceptors (Lipinski definition) is 4. The number of nitrogens with zero attached hydrogens (tertiary/aromatic N) is 1. The Morgan fingerprint density at radius 2 is 2.50 bits per heavy atom. The van der Waals surface area contributed by atoms with Gasteiger partial charge >= 0.3 is 0 Å². The fourth-order valence-electron chi connectivity index (χ4n) is 1.08. The predicted octanol–water partition coefficient (Wildman–Crippen LogP) is 0.920. The molecular formula is C7H9FN2OS. The number of nitrogens with one attached hydrogen (secondary N) is 1. The van der Waals surface area contributed by atoms with E-state index in [0.717, 1.165) is 0 Å². The monoisotopic (exact) mass is 188 g/mol. The van der Waals surface area contributed by atoms with E-state index >= 15 is 0 Å². The van der Waals surface area contributed by atoms with E-state index in [1.165, 1.54) is 18.4 Å². The van der Waals surface area contributed by atoms with Gasteiger partial charge in [-0.2, -0.15) is 0 Å². The molecule has 3 nitrogen and oxygen atoms in total. The molecule has 0 amide bonds. The first-order chi connectivity index (χ1) is 5.74. The zero-order chi connectivity index (χ0) is 8.60. The summed E-state index contributed by atoms with van der Waals surface area (Å²) in [6.45, 7) is 0.722. The fourth-order valence-corrected chi connectivity index (χ4v) is 1.81. The third-order valence-corrected chi connectivity index (χ3v) is 2.73. The molecule has 0 bridgehead atoms. The van der Waals surface area contributed by atoms with Crippen molar-refractivity contribution in [3.05, 3.63) is 11.1 Å². The Morgan fingerprint density at radius 3 is 2.92 bits per heavy atom. The van der Waals surface area contributed by atoms with E-state index < -0.39 is 5.67 Å². The van der Waals surface area contributed by atoms with Crippen LogP contribution in [0.5, 0.6) is 5.19 Å². The number of hydrogen-bond donors (Lipinski definition) is 1. The molecule has 12 heavy (non-hydrogen) atoms. The summed E-state index contributed by atoms with van der Waals surface area (Å²) < 4.78 is 18.5. The summed E-state index contributed by atoms with van der Waals surface area (Å²) in [5.74, 6) is 0. The highest BCUT2D eigenvalue weighted by atomic mass is 32.1. The van der Waals surface area contributed by atoms with Gasteiger partial charge in [0.05, 0.1) is 12.8 Å². The van der Waals surface area contributed by atoms with Crippen molar-refractivity contribution in [3.63, 3.8) is 0 Å². The van der Waals surface area contributed by atoms with Crippen LogP contribution < -0.4 is 10.1 Å². The van der Waals surface area contributed by atoms with E-state index in [0.29, 0.717) is 24.0 Å². The van der Waals surface area contributed by atoms with Crippen molar-refractivity contribution >= 4 is 11.3 Å². The van der Waals surface area contributed by atoms with Crippen LogP contribution in [0.15, 0.2) is 5.38 Å². The number of thiazole rings is 1. The quantitative estimate of drug-likeness (QED) is 0.749. The molecule has 1 aliphatic rings. The van der Waals surface area contributed by atoms with E-state index in [9.17, 15) is 4.39 Å². The van der Waals surface area contributed by atoms with Crippen LogP contribution in [0, 0.1) is 0 Å². The molecule has 1 fully saturated rings. The largest absolute Gasteiger partial charge is 0.473 e. The molecule has 66 valence electrons. The third-order valence-electron chi connectivity index (χ3n) is 1.93. The van der Waals surface area contributed by atoms with Crippen LogP contribution in [-0.2, 0) is 5.67 Å². The first kappa shape index (κ1) is 7.94. The van der Waals surface area contributed by atoms with Crippen LogP contribution in [0.1, 0.15) is 5.69 Å². The van der Waals surface area contributed by atoms with Crippen molar-refractivity contribution in [1.29, 1.82) is 0 Å². The van der Waals surface area contributed by atoms with Crippen molar-refractivity contribution in [2.75, 3.05) is 20.2 Å². The summed E-state index contributed by atoms with van der Waals surface area (Å²) in [6, 6.07) is 0. The SMILES string of the molecule is COc1nc(C2(F)CNC2)cs1. The first-order valence-corrected chi connectivity index (χ1v) is 4.52. The van der Waals surface area contributed by atoms with Crippen LogP contribution >= 0.6 is 11.3 Å². The summed E-state index contributed by atoms with van der Waals surface area (Å²) in [6.07, 6.45) is 0. The smallest absolute Gasteiger partial charge is 0.273 e. The molecule has 1 N–H and O–H groups in total. The minimum Gasteiger partial charge on any atom is -0.473 e. The number of rotatable bonds is 2. The highest BCUT2D eigenvalue weighted by Crippen LogP contribution is 2.32. The van der Waals surface area contributed by atoms with Crippen LogP contribution in [0.25, 0.3) is 0 Å². The van der Waals surface area contributed by atoms with Crippen molar-refractivity contribution in [1.82, 2.24) is 10.3 Å². The van der Waals surface area contributed by atoms with Crippen molar-refractivity contribution < 1.29 is 9.13 Å². The van der Waals surface area contributed by atoms with E-state index in [2.05, 4.69) is 10.3 Å². The molecule has 0 aliphatic carbocycles. The zero-order valence-corrected chi connectivity index (χ0v) is 7.45. The van der Waals surface area contributed by atoms with Gasteiger partial charge in [-0.15, -0.1) is 0 Å². The van der Waals surface area contributed by atoms with Gasteiger partial charge in [-0.25, -0.2) is 9.37 Å². The number of aromatic nitrogens is 1. The number of halogens is 1. The Kier molecular flexibility index (Phi) is 1.77. The molecule has 1 saturated heterocycles. The Hall–Kier alpha value is -0.680. The predicted molar refractivity (Wildman–Crippen MR) is 44.3 cm³/mol. The van der Waals surface area contributed by atoms with Gasteiger partial charge in [-0.3, -0.25) is 0 Å². The first-order valence-electron chi connectivity index (χ1n) is 3.64. The fraction of sp³-hybridized carbons (Fsp3) is 0.571. The van der Waals surface area contributed by atoms with Crippen LogP contribution in [0.4, 0.5) is 4.39 Å². The molecule has 1 aromatic rings. The molecule has 1 aromatic heterocycles. The lowest BCUT2D eigenvalue weighted by Crippen LogP contribution is -2.53. The molecule has 0 unspecified atom stereocenters. The van der Waals surface area contributed by atoms with Gasteiger partial charge < -0.3 is 10.1 Å². The van der Waals surface area contributed by atoms with Gasteiger partial charge in [-0.05, 0) is 0 Å². The summed E-state index contributed by atoms with van der Waals surface area (Å²) in [5, 5.41) is 5.11. The highest BCUT2D eigenvalue weighted by Gasteiger charge is 2.41. The van der Waals surface area contributed by atoms with Crippen molar-refractivity contribution in [2.45, 2.75) is 5.67 Å². The molecule has 2 rings (SSSR count). The minimum atomic E-state index is -1.26. The molecule has 0 atom stereocenters. The molecule has 5 heteroatoms. The van der Waals surface area contributed by atoms with Crippen molar-refractivity contribution in [2.24, 2.45) is 0 Å². The maximum absolute atomic E-state index is 13.6. The Balaban J connectivity index is 2.22. The van der Waals surface area contributed by atoms with E-state index in [-0.39, 0.29) is 0 Å². The summed E-state index contributed by atoms with van der Waals surface area (Å²) in [7, 11) is 1.53. The standard InChI is InChI=1S/C7H9FN2OS/c1-11-6-10-5(2-12-6)7(8)3-9-4-7/h2,9H,3-4H2,1H3. The molecule has 0 spiro atoms. The van der Waals surface area contributed by atoms with Gasteiger partial charge in [-0.1, -0.05) is 11.3 Å². The highest BCUT2D eigenvalue weighted by molar-refractivity contribution is 7.11. The van der Waals surface area contributed by atoms with E-state index in [4.69, 9.17) is 4.74 Å². The second kappa shape index (κ2) is 2.67.